The van der Waals surface area contributed by atoms with Crippen LogP contribution in [0.1, 0.15) is 15.9 Å². The number of carbonyl (C=O) groups is 3. The fourth-order valence-electron chi connectivity index (χ4n) is 3.46. The Morgan fingerprint density at radius 3 is 2.53 bits per heavy atom. The summed E-state index contributed by atoms with van der Waals surface area (Å²) in [4.78, 5) is 45.9. The molecule has 0 radical (unpaired) electrons. The van der Waals surface area contributed by atoms with Crippen molar-refractivity contribution < 1.29 is 14.4 Å². The van der Waals surface area contributed by atoms with Crippen molar-refractivity contribution in [2.45, 2.75) is 6.54 Å². The molecule has 156 valence electrons. The van der Waals surface area contributed by atoms with Crippen LogP contribution in [0.25, 0.3) is 0 Å². The van der Waals surface area contributed by atoms with Gasteiger partial charge >= 0.3 is 0 Å². The van der Waals surface area contributed by atoms with Gasteiger partial charge in [0.05, 0.1) is 22.3 Å². The highest BCUT2D eigenvalue weighted by molar-refractivity contribution is 8.14. The van der Waals surface area contributed by atoms with E-state index in [2.05, 4.69) is 4.98 Å². The van der Waals surface area contributed by atoms with Gasteiger partial charge in [0.2, 0.25) is 5.91 Å². The average molecular weight is 465 g/mol. The van der Waals surface area contributed by atoms with Crippen molar-refractivity contribution in [2.24, 2.45) is 0 Å². The molecule has 2 aliphatic heterocycles. The molecule has 1 aromatic heterocycles. The second-order valence-corrected chi connectivity index (χ2v) is 8.74. The van der Waals surface area contributed by atoms with Crippen molar-refractivity contribution >= 4 is 57.8 Å². The van der Waals surface area contributed by atoms with Gasteiger partial charge in [0.25, 0.3) is 11.1 Å². The zero-order valence-corrected chi connectivity index (χ0v) is 18.2. The van der Waals surface area contributed by atoms with E-state index in [1.54, 1.807) is 35.4 Å². The average Bonchev–Trinajstić information content (AvgIpc) is 3.06. The number of thioether (sulfide) groups is 1. The fraction of sp³-hybridized carbons (Fsp3) is 0.300. The van der Waals surface area contributed by atoms with Crippen LogP contribution in [0.15, 0.2) is 36.5 Å². The maximum Gasteiger partial charge on any atom is 0.289 e. The number of benzene rings is 1. The topological polar surface area (TPSA) is 73.8 Å². The number of rotatable bonds is 4. The van der Waals surface area contributed by atoms with Crippen LogP contribution >= 0.6 is 35.0 Å². The Morgan fingerprint density at radius 2 is 1.87 bits per heavy atom. The molecule has 0 atom stereocenters. The van der Waals surface area contributed by atoms with Gasteiger partial charge in [0, 0.05) is 37.9 Å². The Bertz CT molecular complexity index is 995. The van der Waals surface area contributed by atoms with Crippen molar-refractivity contribution in [3.8, 4) is 0 Å². The molecule has 3 heterocycles. The minimum absolute atomic E-state index is 0.0832. The van der Waals surface area contributed by atoms with Crippen LogP contribution in [0.3, 0.4) is 0 Å². The Balaban J connectivity index is 1.40. The summed E-state index contributed by atoms with van der Waals surface area (Å²) in [5, 5.41) is 0.717. The molecule has 4 rings (SSSR count). The predicted octanol–water partition coefficient (Wildman–Crippen LogP) is 3.55. The standard InChI is InChI=1S/C20H18Cl2N4O3S/c21-15-9-16(22)18(23-10-15)24-4-6-25(7-5-24)19(28)14-3-1-2-13(8-14)11-26-17(27)12-30-20(26)29/h1-3,8-10H,4-7,11-12H2. The third kappa shape index (κ3) is 4.40. The van der Waals surface area contributed by atoms with E-state index < -0.39 is 0 Å². The van der Waals surface area contributed by atoms with Crippen LogP contribution in [0, 0.1) is 0 Å². The lowest BCUT2D eigenvalue weighted by Gasteiger charge is -2.35. The third-order valence-corrected chi connectivity index (χ3v) is 6.35. The Hall–Kier alpha value is -2.29. The number of hydrogen-bond acceptors (Lipinski definition) is 6. The number of amides is 3. The number of aromatic nitrogens is 1. The van der Waals surface area contributed by atoms with Crippen LogP contribution < -0.4 is 4.90 Å². The van der Waals surface area contributed by atoms with Gasteiger partial charge in [0.1, 0.15) is 5.82 Å². The van der Waals surface area contributed by atoms with Gasteiger partial charge < -0.3 is 9.80 Å². The fourth-order valence-corrected chi connectivity index (χ4v) is 4.69. The zero-order chi connectivity index (χ0) is 21.3. The molecular weight excluding hydrogens is 447 g/mol. The second kappa shape index (κ2) is 8.83. The lowest BCUT2D eigenvalue weighted by Crippen LogP contribution is -2.49. The third-order valence-electron chi connectivity index (χ3n) is 5.01. The van der Waals surface area contributed by atoms with E-state index in [1.807, 2.05) is 11.0 Å². The van der Waals surface area contributed by atoms with Crippen LogP contribution in [-0.2, 0) is 11.3 Å². The van der Waals surface area contributed by atoms with Gasteiger partial charge in [0.15, 0.2) is 0 Å². The quantitative estimate of drug-likeness (QED) is 0.688. The van der Waals surface area contributed by atoms with Crippen molar-refractivity contribution in [2.75, 3.05) is 36.8 Å². The van der Waals surface area contributed by atoms with E-state index in [9.17, 15) is 14.4 Å². The van der Waals surface area contributed by atoms with E-state index in [0.717, 1.165) is 17.3 Å². The van der Waals surface area contributed by atoms with Crippen LogP contribution in [0.4, 0.5) is 10.6 Å². The van der Waals surface area contributed by atoms with E-state index in [0.29, 0.717) is 47.6 Å². The Labute approximate surface area is 187 Å². The normalized spacial score (nSPS) is 17.1. The molecular formula is C20H18Cl2N4O3S. The molecule has 0 aliphatic carbocycles. The van der Waals surface area contributed by atoms with Gasteiger partial charge in [-0.1, -0.05) is 47.1 Å². The lowest BCUT2D eigenvalue weighted by molar-refractivity contribution is -0.125. The summed E-state index contributed by atoms with van der Waals surface area (Å²) >= 11 is 13.2. The monoisotopic (exact) mass is 464 g/mol. The Kier molecular flexibility index (Phi) is 6.17. The molecule has 0 N–H and O–H groups in total. The van der Waals surface area contributed by atoms with Crippen molar-refractivity contribution in [1.29, 1.82) is 0 Å². The van der Waals surface area contributed by atoms with Crippen molar-refractivity contribution in [1.82, 2.24) is 14.8 Å². The molecule has 30 heavy (non-hydrogen) atoms. The number of imide groups is 1. The molecule has 0 spiro atoms. The predicted molar refractivity (Wildman–Crippen MR) is 117 cm³/mol. The summed E-state index contributed by atoms with van der Waals surface area (Å²) in [5.41, 5.74) is 1.29. The zero-order valence-electron chi connectivity index (χ0n) is 15.9. The first-order chi connectivity index (χ1) is 14.4. The van der Waals surface area contributed by atoms with Gasteiger partial charge in [-0.2, -0.15) is 0 Å². The number of nitrogens with zero attached hydrogens (tertiary/aromatic N) is 4. The molecule has 7 nitrogen and oxygen atoms in total. The highest BCUT2D eigenvalue weighted by atomic mass is 35.5. The summed E-state index contributed by atoms with van der Waals surface area (Å²) in [7, 11) is 0. The molecule has 0 bridgehead atoms. The maximum atomic E-state index is 13.0. The van der Waals surface area contributed by atoms with Crippen LogP contribution in [-0.4, -0.2) is 63.8 Å². The summed E-state index contributed by atoms with van der Waals surface area (Å²) in [6.45, 7) is 2.45. The van der Waals surface area contributed by atoms with E-state index in [1.165, 1.54) is 4.90 Å². The highest BCUT2D eigenvalue weighted by Gasteiger charge is 2.30. The number of hydrogen-bond donors (Lipinski definition) is 0. The molecule has 3 amide bonds. The van der Waals surface area contributed by atoms with E-state index >= 15 is 0 Å². The minimum atomic E-state index is -0.248. The highest BCUT2D eigenvalue weighted by Crippen LogP contribution is 2.27. The molecule has 2 aliphatic rings. The smallest absolute Gasteiger partial charge is 0.289 e. The summed E-state index contributed by atoms with van der Waals surface area (Å²) < 4.78 is 0. The van der Waals surface area contributed by atoms with Crippen molar-refractivity contribution in [3.05, 3.63) is 57.7 Å². The van der Waals surface area contributed by atoms with E-state index in [-0.39, 0.29) is 29.4 Å². The molecule has 2 saturated heterocycles. The van der Waals surface area contributed by atoms with Gasteiger partial charge in [-0.15, -0.1) is 0 Å². The summed E-state index contributed by atoms with van der Waals surface area (Å²) in [6.07, 6.45) is 1.56. The molecule has 0 unspecified atom stereocenters. The largest absolute Gasteiger partial charge is 0.352 e. The lowest BCUT2D eigenvalue weighted by atomic mass is 10.1. The van der Waals surface area contributed by atoms with Crippen LogP contribution in [0.5, 0.6) is 0 Å². The van der Waals surface area contributed by atoms with Gasteiger partial charge in [-0.05, 0) is 23.8 Å². The molecule has 10 heteroatoms. The molecule has 1 aromatic carbocycles. The number of halogens is 2. The number of carbonyl (C=O) groups excluding carboxylic acids is 3. The first-order valence-corrected chi connectivity index (χ1v) is 11.1. The first-order valence-electron chi connectivity index (χ1n) is 9.34. The number of piperazine rings is 1. The second-order valence-electron chi connectivity index (χ2n) is 6.97. The molecule has 0 saturated carbocycles. The van der Waals surface area contributed by atoms with Gasteiger partial charge in [-0.3, -0.25) is 19.3 Å². The summed E-state index contributed by atoms with van der Waals surface area (Å²) in [6, 6.07) is 8.73. The van der Waals surface area contributed by atoms with Crippen LogP contribution in [0.2, 0.25) is 10.0 Å². The van der Waals surface area contributed by atoms with Gasteiger partial charge in [-0.25, -0.2) is 4.98 Å². The minimum Gasteiger partial charge on any atom is -0.352 e. The summed E-state index contributed by atoms with van der Waals surface area (Å²) in [5.74, 6) is 0.550. The molecule has 2 aromatic rings. The van der Waals surface area contributed by atoms with E-state index in [4.69, 9.17) is 23.2 Å². The number of anilines is 1. The van der Waals surface area contributed by atoms with Crippen molar-refractivity contribution in [3.63, 3.8) is 0 Å². The Morgan fingerprint density at radius 1 is 1.10 bits per heavy atom. The SMILES string of the molecule is O=C(c1cccc(CN2C(=O)CSC2=O)c1)N1CCN(c2ncc(Cl)cc2Cl)CC1. The molecule has 2 fully saturated rings. The first kappa shape index (κ1) is 21.0. The number of pyridine rings is 1. The maximum absolute atomic E-state index is 13.0.